The standard InChI is InChI=1S/C17H23F3N2O2/c1-21(2)14-6-4-9-22(10-8-14)16(23)12-24-15-7-3-5-13(11-15)17(18,19)20/h3,5,7,11,14H,4,6,8-10,12H2,1-2H3. The van der Waals surface area contributed by atoms with Gasteiger partial charge in [-0.2, -0.15) is 13.2 Å². The zero-order chi connectivity index (χ0) is 17.7. The van der Waals surface area contributed by atoms with Crippen molar-refractivity contribution < 1.29 is 22.7 Å². The molecule has 134 valence electrons. The Morgan fingerprint density at radius 1 is 1.29 bits per heavy atom. The number of likely N-dealkylation sites (tertiary alicyclic amines) is 1. The number of halogens is 3. The zero-order valence-electron chi connectivity index (χ0n) is 14.0. The van der Waals surface area contributed by atoms with Crippen molar-refractivity contribution in [2.45, 2.75) is 31.5 Å². The lowest BCUT2D eigenvalue weighted by Gasteiger charge is -2.23. The molecule has 1 aromatic rings. The second kappa shape index (κ2) is 7.88. The van der Waals surface area contributed by atoms with Crippen LogP contribution in [-0.2, 0) is 11.0 Å². The number of benzene rings is 1. The van der Waals surface area contributed by atoms with Crippen molar-refractivity contribution in [2.75, 3.05) is 33.8 Å². The van der Waals surface area contributed by atoms with E-state index in [9.17, 15) is 18.0 Å². The van der Waals surface area contributed by atoms with Gasteiger partial charge in [-0.05, 0) is 51.6 Å². The summed E-state index contributed by atoms with van der Waals surface area (Å²) < 4.78 is 43.3. The molecule has 1 aliphatic rings. The van der Waals surface area contributed by atoms with E-state index >= 15 is 0 Å². The smallest absolute Gasteiger partial charge is 0.416 e. The highest BCUT2D eigenvalue weighted by Gasteiger charge is 2.30. The summed E-state index contributed by atoms with van der Waals surface area (Å²) in [6, 6.07) is 5.04. The minimum Gasteiger partial charge on any atom is -0.484 e. The second-order valence-corrected chi connectivity index (χ2v) is 6.24. The lowest BCUT2D eigenvalue weighted by molar-refractivity contribution is -0.137. The van der Waals surface area contributed by atoms with Gasteiger partial charge >= 0.3 is 6.18 Å². The predicted molar refractivity (Wildman–Crippen MR) is 84.8 cm³/mol. The molecule has 1 unspecified atom stereocenters. The Kier molecular flexibility index (Phi) is 6.10. The van der Waals surface area contributed by atoms with Crippen molar-refractivity contribution in [3.05, 3.63) is 29.8 Å². The third kappa shape index (κ3) is 5.12. The summed E-state index contributed by atoms with van der Waals surface area (Å²) in [5, 5.41) is 0. The molecule has 4 nitrogen and oxygen atoms in total. The van der Waals surface area contributed by atoms with Gasteiger partial charge in [-0.25, -0.2) is 0 Å². The number of alkyl halides is 3. The largest absolute Gasteiger partial charge is 0.484 e. The number of ether oxygens (including phenoxy) is 1. The SMILES string of the molecule is CN(C)C1CCCN(C(=O)COc2cccc(C(F)(F)F)c2)CC1. The van der Waals surface area contributed by atoms with Gasteiger partial charge in [0, 0.05) is 19.1 Å². The van der Waals surface area contributed by atoms with E-state index in [-0.39, 0.29) is 18.3 Å². The number of rotatable bonds is 4. The molecule has 0 aliphatic carbocycles. The molecule has 1 heterocycles. The number of carbonyl (C=O) groups is 1. The lowest BCUT2D eigenvalue weighted by Crippen LogP contribution is -2.36. The molecule has 1 aliphatic heterocycles. The third-order valence-corrected chi connectivity index (χ3v) is 4.30. The van der Waals surface area contributed by atoms with Crippen LogP contribution in [0.25, 0.3) is 0 Å². The normalized spacial score (nSPS) is 19.2. The maximum atomic E-state index is 12.7. The Balaban J connectivity index is 1.89. The van der Waals surface area contributed by atoms with E-state index in [1.54, 1.807) is 4.90 Å². The van der Waals surface area contributed by atoms with Crippen molar-refractivity contribution in [2.24, 2.45) is 0 Å². The first kappa shape index (κ1) is 18.6. The van der Waals surface area contributed by atoms with E-state index in [0.29, 0.717) is 19.1 Å². The van der Waals surface area contributed by atoms with Crippen molar-refractivity contribution >= 4 is 5.91 Å². The number of amides is 1. The minimum atomic E-state index is -4.42. The van der Waals surface area contributed by atoms with Gasteiger partial charge in [0.2, 0.25) is 0 Å². The van der Waals surface area contributed by atoms with Gasteiger partial charge in [0.15, 0.2) is 6.61 Å². The van der Waals surface area contributed by atoms with Crippen molar-refractivity contribution in [1.82, 2.24) is 9.80 Å². The molecule has 0 N–H and O–H groups in total. The van der Waals surface area contributed by atoms with Crippen LogP contribution in [-0.4, -0.2) is 55.5 Å². The molecule has 24 heavy (non-hydrogen) atoms. The van der Waals surface area contributed by atoms with Crippen LogP contribution in [0.1, 0.15) is 24.8 Å². The molecule has 1 saturated heterocycles. The van der Waals surface area contributed by atoms with Crippen LogP contribution in [0.15, 0.2) is 24.3 Å². The van der Waals surface area contributed by atoms with Gasteiger partial charge in [0.1, 0.15) is 5.75 Å². The topological polar surface area (TPSA) is 32.8 Å². The average molecular weight is 344 g/mol. The molecule has 0 saturated carbocycles. The van der Waals surface area contributed by atoms with E-state index in [0.717, 1.165) is 31.4 Å². The van der Waals surface area contributed by atoms with Crippen LogP contribution in [0, 0.1) is 0 Å². The first-order chi connectivity index (χ1) is 11.3. The third-order valence-electron chi connectivity index (χ3n) is 4.30. The fraction of sp³-hybridized carbons (Fsp3) is 0.588. The van der Waals surface area contributed by atoms with E-state index in [4.69, 9.17) is 4.74 Å². The van der Waals surface area contributed by atoms with Crippen LogP contribution in [0.5, 0.6) is 5.75 Å². The maximum Gasteiger partial charge on any atom is 0.416 e. The van der Waals surface area contributed by atoms with Gasteiger partial charge in [0.05, 0.1) is 5.56 Å². The summed E-state index contributed by atoms with van der Waals surface area (Å²) in [5.41, 5.74) is -0.781. The summed E-state index contributed by atoms with van der Waals surface area (Å²) in [6.07, 6.45) is -1.58. The van der Waals surface area contributed by atoms with Crippen LogP contribution < -0.4 is 4.74 Å². The number of nitrogens with zero attached hydrogens (tertiary/aromatic N) is 2. The molecule has 0 bridgehead atoms. The molecule has 0 aromatic heterocycles. The fourth-order valence-electron chi connectivity index (χ4n) is 2.84. The van der Waals surface area contributed by atoms with Crippen LogP contribution >= 0.6 is 0 Å². The van der Waals surface area contributed by atoms with Crippen LogP contribution in [0.4, 0.5) is 13.2 Å². The summed E-state index contributed by atoms with van der Waals surface area (Å²) in [6.45, 7) is 1.07. The Bertz CT molecular complexity index is 561. The van der Waals surface area contributed by atoms with Gasteiger partial charge < -0.3 is 14.5 Å². The van der Waals surface area contributed by atoms with E-state index in [1.165, 1.54) is 12.1 Å². The first-order valence-electron chi connectivity index (χ1n) is 8.01. The highest BCUT2D eigenvalue weighted by atomic mass is 19.4. The monoisotopic (exact) mass is 344 g/mol. The van der Waals surface area contributed by atoms with Crippen molar-refractivity contribution in [3.8, 4) is 5.75 Å². The highest BCUT2D eigenvalue weighted by Crippen LogP contribution is 2.31. The molecule has 0 spiro atoms. The molecule has 1 fully saturated rings. The molecule has 2 rings (SSSR count). The maximum absolute atomic E-state index is 12.7. The number of hydrogen-bond donors (Lipinski definition) is 0. The van der Waals surface area contributed by atoms with Crippen LogP contribution in [0.3, 0.4) is 0 Å². The molecular formula is C17H23F3N2O2. The molecule has 7 heteroatoms. The lowest BCUT2D eigenvalue weighted by atomic mass is 10.1. The van der Waals surface area contributed by atoms with Crippen molar-refractivity contribution in [1.29, 1.82) is 0 Å². The van der Waals surface area contributed by atoms with Gasteiger partial charge in [0.25, 0.3) is 5.91 Å². The second-order valence-electron chi connectivity index (χ2n) is 6.24. The van der Waals surface area contributed by atoms with Crippen molar-refractivity contribution in [3.63, 3.8) is 0 Å². The summed E-state index contributed by atoms with van der Waals surface area (Å²) >= 11 is 0. The quantitative estimate of drug-likeness (QED) is 0.842. The Morgan fingerprint density at radius 2 is 2.04 bits per heavy atom. The van der Waals surface area contributed by atoms with E-state index in [1.807, 2.05) is 14.1 Å². The molecule has 1 atom stereocenters. The van der Waals surface area contributed by atoms with E-state index in [2.05, 4.69) is 4.90 Å². The summed E-state index contributed by atoms with van der Waals surface area (Å²) in [4.78, 5) is 16.1. The minimum absolute atomic E-state index is 0.0548. The molecule has 0 radical (unpaired) electrons. The Morgan fingerprint density at radius 3 is 2.71 bits per heavy atom. The molecule has 1 amide bonds. The molecule has 1 aromatic carbocycles. The number of hydrogen-bond acceptors (Lipinski definition) is 3. The fourth-order valence-corrected chi connectivity index (χ4v) is 2.84. The predicted octanol–water partition coefficient (Wildman–Crippen LogP) is 3.03. The Labute approximate surface area is 140 Å². The number of carbonyl (C=O) groups excluding carboxylic acids is 1. The van der Waals surface area contributed by atoms with Crippen LogP contribution in [0.2, 0.25) is 0 Å². The first-order valence-corrected chi connectivity index (χ1v) is 8.01. The molecular weight excluding hydrogens is 321 g/mol. The zero-order valence-corrected chi connectivity index (χ0v) is 14.0. The van der Waals surface area contributed by atoms with Gasteiger partial charge in [-0.3, -0.25) is 4.79 Å². The summed E-state index contributed by atoms with van der Waals surface area (Å²) in [7, 11) is 4.05. The van der Waals surface area contributed by atoms with Gasteiger partial charge in [-0.1, -0.05) is 6.07 Å². The Hall–Kier alpha value is -1.76. The van der Waals surface area contributed by atoms with E-state index < -0.39 is 11.7 Å². The highest BCUT2D eigenvalue weighted by molar-refractivity contribution is 5.77. The van der Waals surface area contributed by atoms with Gasteiger partial charge in [-0.15, -0.1) is 0 Å². The average Bonchev–Trinajstić information content (AvgIpc) is 2.78. The summed E-state index contributed by atoms with van der Waals surface area (Å²) in [5.74, 6) is -0.133.